The van der Waals surface area contributed by atoms with E-state index in [-0.39, 0.29) is 11.8 Å². The molecular weight excluding hydrogens is 336 g/mol. The topological polar surface area (TPSA) is 40.6 Å². The van der Waals surface area contributed by atoms with Gasteiger partial charge in [0.2, 0.25) is 5.91 Å². The lowest BCUT2D eigenvalue weighted by Gasteiger charge is -2.32. The van der Waals surface area contributed by atoms with Crippen LogP contribution in [0.3, 0.4) is 0 Å². The van der Waals surface area contributed by atoms with Crippen molar-refractivity contribution in [3.63, 3.8) is 0 Å². The zero-order valence-electron chi connectivity index (χ0n) is 15.6. The van der Waals surface area contributed by atoms with Crippen LogP contribution in [0.25, 0.3) is 0 Å². The van der Waals surface area contributed by atoms with Gasteiger partial charge in [-0.15, -0.1) is 0 Å². The second-order valence-corrected chi connectivity index (χ2v) is 7.54. The first-order valence-electron chi connectivity index (χ1n) is 9.95. The second kappa shape index (κ2) is 7.95. The fraction of sp³-hybridized carbons (Fsp3) is 0.391. The quantitative estimate of drug-likeness (QED) is 0.833. The Balaban J connectivity index is 1.62. The summed E-state index contributed by atoms with van der Waals surface area (Å²) in [6.07, 6.45) is 5.04. The van der Waals surface area contributed by atoms with Crippen LogP contribution in [-0.2, 0) is 17.8 Å². The number of carbonyl (C=O) groups is 2. The third-order valence-corrected chi connectivity index (χ3v) is 5.70. The Hall–Kier alpha value is -2.62. The van der Waals surface area contributed by atoms with E-state index in [1.165, 1.54) is 12.8 Å². The molecule has 2 aliphatic heterocycles. The van der Waals surface area contributed by atoms with Crippen molar-refractivity contribution in [1.82, 2.24) is 9.80 Å². The molecule has 2 heterocycles. The molecular formula is C23H26N2O2. The summed E-state index contributed by atoms with van der Waals surface area (Å²) in [5.74, 6) is 0.0802. The third-order valence-electron chi connectivity index (χ3n) is 5.70. The molecule has 140 valence electrons. The minimum atomic E-state index is -0.439. The number of carbonyl (C=O) groups excluding carboxylic acids is 2. The summed E-state index contributed by atoms with van der Waals surface area (Å²) in [4.78, 5) is 30.3. The maximum atomic E-state index is 13.5. The average molecular weight is 362 g/mol. The van der Waals surface area contributed by atoms with E-state index in [2.05, 4.69) is 0 Å². The van der Waals surface area contributed by atoms with E-state index in [0.717, 1.165) is 42.6 Å². The Morgan fingerprint density at radius 1 is 0.889 bits per heavy atom. The van der Waals surface area contributed by atoms with Crippen molar-refractivity contribution in [1.29, 1.82) is 0 Å². The van der Waals surface area contributed by atoms with Crippen LogP contribution in [0.2, 0.25) is 0 Å². The minimum absolute atomic E-state index is 0.0188. The molecule has 2 aromatic rings. The maximum Gasteiger partial charge on any atom is 0.255 e. The molecule has 2 amide bonds. The van der Waals surface area contributed by atoms with Crippen molar-refractivity contribution in [2.45, 2.75) is 44.7 Å². The van der Waals surface area contributed by atoms with Crippen LogP contribution in [-0.4, -0.2) is 40.7 Å². The van der Waals surface area contributed by atoms with E-state index in [1.54, 1.807) is 4.90 Å². The summed E-state index contributed by atoms with van der Waals surface area (Å²) >= 11 is 0. The summed E-state index contributed by atoms with van der Waals surface area (Å²) in [5.41, 5.74) is 2.85. The predicted octanol–water partition coefficient (Wildman–Crippen LogP) is 3.66. The molecule has 4 rings (SSSR count). The summed E-state index contributed by atoms with van der Waals surface area (Å²) < 4.78 is 0. The first-order chi connectivity index (χ1) is 13.2. The Morgan fingerprint density at radius 3 is 2.26 bits per heavy atom. The van der Waals surface area contributed by atoms with Gasteiger partial charge in [0.05, 0.1) is 0 Å². The van der Waals surface area contributed by atoms with Crippen molar-refractivity contribution in [3.8, 4) is 0 Å². The van der Waals surface area contributed by atoms with Gasteiger partial charge >= 0.3 is 0 Å². The van der Waals surface area contributed by atoms with Crippen LogP contribution >= 0.6 is 0 Å². The van der Waals surface area contributed by atoms with Gasteiger partial charge in [-0.05, 0) is 30.0 Å². The molecule has 2 aromatic carbocycles. The van der Waals surface area contributed by atoms with E-state index >= 15 is 0 Å². The van der Waals surface area contributed by atoms with Gasteiger partial charge in [0.1, 0.15) is 6.04 Å². The van der Waals surface area contributed by atoms with Crippen LogP contribution in [0.15, 0.2) is 54.6 Å². The highest BCUT2D eigenvalue weighted by Crippen LogP contribution is 2.27. The summed E-state index contributed by atoms with van der Waals surface area (Å²) in [5, 5.41) is 0. The first-order valence-corrected chi connectivity index (χ1v) is 9.95. The molecule has 0 aromatic heterocycles. The SMILES string of the molecule is O=C([C@@H](Cc1ccccc1)N1Cc2ccccc2C1=O)N1CCCCCC1. The van der Waals surface area contributed by atoms with E-state index < -0.39 is 6.04 Å². The van der Waals surface area contributed by atoms with E-state index in [4.69, 9.17) is 0 Å². The van der Waals surface area contributed by atoms with Crippen molar-refractivity contribution < 1.29 is 9.59 Å². The molecule has 0 N–H and O–H groups in total. The number of benzene rings is 2. The molecule has 0 aliphatic carbocycles. The fourth-order valence-electron chi connectivity index (χ4n) is 4.20. The summed E-state index contributed by atoms with van der Waals surface area (Å²) in [6, 6.07) is 17.3. The standard InChI is InChI=1S/C23H26N2O2/c26-22-20-13-7-6-12-19(20)17-25(22)21(16-18-10-4-3-5-11-18)23(27)24-14-8-1-2-9-15-24/h3-7,10-13,21H,1-2,8-9,14-17H2/t21-/m1/s1. The van der Waals surface area contributed by atoms with Crippen molar-refractivity contribution in [3.05, 3.63) is 71.3 Å². The number of nitrogens with zero attached hydrogens (tertiary/aromatic N) is 2. The van der Waals surface area contributed by atoms with Gasteiger partial charge in [0, 0.05) is 31.6 Å². The Morgan fingerprint density at radius 2 is 1.56 bits per heavy atom. The Labute approximate surface area is 160 Å². The molecule has 0 radical (unpaired) electrons. The fourth-order valence-corrected chi connectivity index (χ4v) is 4.20. The predicted molar refractivity (Wildman–Crippen MR) is 105 cm³/mol. The molecule has 27 heavy (non-hydrogen) atoms. The lowest BCUT2D eigenvalue weighted by Crippen LogP contribution is -2.50. The number of fused-ring (bicyclic) bond motifs is 1. The number of likely N-dealkylation sites (tertiary alicyclic amines) is 1. The number of hydrogen-bond acceptors (Lipinski definition) is 2. The van der Waals surface area contributed by atoms with Gasteiger partial charge in [0.15, 0.2) is 0 Å². The maximum absolute atomic E-state index is 13.5. The zero-order valence-corrected chi connectivity index (χ0v) is 15.6. The van der Waals surface area contributed by atoms with Gasteiger partial charge in [-0.3, -0.25) is 9.59 Å². The number of rotatable bonds is 4. The summed E-state index contributed by atoms with van der Waals surface area (Å²) in [7, 11) is 0. The molecule has 4 nitrogen and oxygen atoms in total. The normalized spacial score (nSPS) is 18.1. The largest absolute Gasteiger partial charge is 0.341 e. The third kappa shape index (κ3) is 3.75. The molecule has 0 spiro atoms. The van der Waals surface area contributed by atoms with Gasteiger partial charge in [-0.1, -0.05) is 61.4 Å². The minimum Gasteiger partial charge on any atom is -0.341 e. The number of hydrogen-bond donors (Lipinski definition) is 0. The second-order valence-electron chi connectivity index (χ2n) is 7.54. The molecule has 0 saturated carbocycles. The molecule has 1 saturated heterocycles. The highest BCUT2D eigenvalue weighted by molar-refractivity contribution is 6.01. The zero-order chi connectivity index (χ0) is 18.6. The average Bonchev–Trinajstić information content (AvgIpc) is 2.88. The van der Waals surface area contributed by atoms with Crippen molar-refractivity contribution >= 4 is 11.8 Å². The molecule has 0 unspecified atom stereocenters. The van der Waals surface area contributed by atoms with Crippen molar-refractivity contribution in [2.24, 2.45) is 0 Å². The highest BCUT2D eigenvalue weighted by atomic mass is 16.2. The molecule has 2 aliphatic rings. The lowest BCUT2D eigenvalue weighted by atomic mass is 10.0. The van der Waals surface area contributed by atoms with E-state index in [1.807, 2.05) is 59.5 Å². The van der Waals surface area contributed by atoms with Crippen LogP contribution in [0.1, 0.15) is 47.2 Å². The van der Waals surface area contributed by atoms with Gasteiger partial charge < -0.3 is 9.80 Å². The highest BCUT2D eigenvalue weighted by Gasteiger charge is 2.38. The van der Waals surface area contributed by atoms with Gasteiger partial charge in [0.25, 0.3) is 5.91 Å². The molecule has 0 bridgehead atoms. The summed E-state index contributed by atoms with van der Waals surface area (Å²) in [6.45, 7) is 2.13. The van der Waals surface area contributed by atoms with E-state index in [9.17, 15) is 9.59 Å². The first kappa shape index (κ1) is 17.8. The van der Waals surface area contributed by atoms with Crippen molar-refractivity contribution in [2.75, 3.05) is 13.1 Å². The van der Waals surface area contributed by atoms with Crippen LogP contribution < -0.4 is 0 Å². The van der Waals surface area contributed by atoms with E-state index in [0.29, 0.717) is 13.0 Å². The lowest BCUT2D eigenvalue weighted by molar-refractivity contribution is -0.136. The molecule has 1 fully saturated rings. The van der Waals surface area contributed by atoms with Crippen LogP contribution in [0, 0.1) is 0 Å². The molecule has 1 atom stereocenters. The number of amides is 2. The van der Waals surface area contributed by atoms with Gasteiger partial charge in [-0.2, -0.15) is 0 Å². The smallest absolute Gasteiger partial charge is 0.255 e. The van der Waals surface area contributed by atoms with Crippen LogP contribution in [0.5, 0.6) is 0 Å². The van der Waals surface area contributed by atoms with Crippen LogP contribution in [0.4, 0.5) is 0 Å². The Kier molecular flexibility index (Phi) is 5.23. The van der Waals surface area contributed by atoms with Gasteiger partial charge in [-0.25, -0.2) is 0 Å². The molecule has 4 heteroatoms. The Bertz CT molecular complexity index is 810. The monoisotopic (exact) mass is 362 g/mol.